The Hall–Kier alpha value is -4.28. The maximum Gasteiger partial charge on any atom is 0.387 e. The van der Waals surface area contributed by atoms with Crippen molar-refractivity contribution in [1.29, 1.82) is 0 Å². The van der Waals surface area contributed by atoms with E-state index in [9.17, 15) is 18.4 Å². The molecule has 41 heavy (non-hydrogen) atoms. The lowest BCUT2D eigenvalue weighted by Crippen LogP contribution is -2.40. The molecule has 0 unspecified atom stereocenters. The number of aromatic nitrogens is 1. The number of methoxy groups -OCH3 is 1. The van der Waals surface area contributed by atoms with Crippen LogP contribution in [0.25, 0.3) is 11.8 Å². The van der Waals surface area contributed by atoms with Gasteiger partial charge in [-0.3, -0.25) is 9.36 Å². The molecule has 0 bridgehead atoms. The summed E-state index contributed by atoms with van der Waals surface area (Å²) in [6.45, 7) is -1.26. The minimum absolute atomic E-state index is 0.0846. The molecular weight excluding hydrogens is 574 g/mol. The van der Waals surface area contributed by atoms with Gasteiger partial charge in [0.05, 0.1) is 29.5 Å². The van der Waals surface area contributed by atoms with Crippen molar-refractivity contribution in [2.24, 2.45) is 4.99 Å². The molecule has 2 heterocycles. The average Bonchev–Trinajstić information content (AvgIpc) is 3.27. The molecule has 7 nitrogen and oxygen atoms in total. The van der Waals surface area contributed by atoms with Crippen LogP contribution in [-0.4, -0.2) is 30.9 Å². The Balaban J connectivity index is 1.85. The Morgan fingerprint density at radius 2 is 1.83 bits per heavy atom. The van der Waals surface area contributed by atoms with Crippen LogP contribution in [0.1, 0.15) is 29.7 Å². The molecule has 1 aliphatic heterocycles. The second kappa shape index (κ2) is 12.1. The number of hydrogen-bond donors (Lipinski definition) is 0. The van der Waals surface area contributed by atoms with Crippen molar-refractivity contribution in [1.82, 2.24) is 4.57 Å². The first kappa shape index (κ1) is 28.3. The van der Waals surface area contributed by atoms with Crippen LogP contribution in [0.2, 0.25) is 5.02 Å². The Morgan fingerprint density at radius 3 is 2.54 bits per heavy atom. The van der Waals surface area contributed by atoms with E-state index in [4.69, 9.17) is 26.1 Å². The van der Waals surface area contributed by atoms with Crippen molar-refractivity contribution in [3.8, 4) is 11.5 Å². The fourth-order valence-electron chi connectivity index (χ4n) is 4.60. The second-order valence-corrected chi connectivity index (χ2v) is 10.2. The molecule has 3 aromatic carbocycles. The SMILES string of the molecule is CCOC(=O)C1=C(c2ccccc2)N=c2s/c(=C\c3ccccc3OC(F)F)c(=O)n2[C@@H]1c1cc(Cl)ccc1OC. The van der Waals surface area contributed by atoms with E-state index < -0.39 is 24.2 Å². The Kier molecular flexibility index (Phi) is 8.32. The lowest BCUT2D eigenvalue weighted by Gasteiger charge is -2.27. The van der Waals surface area contributed by atoms with Gasteiger partial charge in [-0.2, -0.15) is 8.78 Å². The summed E-state index contributed by atoms with van der Waals surface area (Å²) >= 11 is 7.45. The summed E-state index contributed by atoms with van der Waals surface area (Å²) in [5.74, 6) is -0.355. The number of rotatable bonds is 8. The number of hydrogen-bond acceptors (Lipinski definition) is 7. The minimum Gasteiger partial charge on any atom is -0.496 e. The fraction of sp³-hybridized carbons (Fsp3) is 0.167. The number of halogens is 3. The molecule has 210 valence electrons. The van der Waals surface area contributed by atoms with Crippen LogP contribution in [0.15, 0.2) is 88.2 Å². The van der Waals surface area contributed by atoms with E-state index in [-0.39, 0.29) is 32.8 Å². The largest absolute Gasteiger partial charge is 0.496 e. The van der Waals surface area contributed by atoms with E-state index >= 15 is 0 Å². The van der Waals surface area contributed by atoms with Gasteiger partial charge in [-0.15, -0.1) is 0 Å². The van der Waals surface area contributed by atoms with Crippen LogP contribution in [0, 0.1) is 0 Å². The number of ether oxygens (including phenoxy) is 3. The minimum atomic E-state index is -3.04. The molecule has 4 aromatic rings. The van der Waals surface area contributed by atoms with Crippen molar-refractivity contribution in [3.63, 3.8) is 0 Å². The van der Waals surface area contributed by atoms with Crippen molar-refractivity contribution < 1.29 is 27.8 Å². The number of benzene rings is 3. The van der Waals surface area contributed by atoms with Crippen molar-refractivity contribution in [2.45, 2.75) is 19.6 Å². The Morgan fingerprint density at radius 1 is 1.10 bits per heavy atom. The van der Waals surface area contributed by atoms with Crippen LogP contribution in [0.5, 0.6) is 11.5 Å². The van der Waals surface area contributed by atoms with E-state index in [1.165, 1.54) is 23.8 Å². The monoisotopic (exact) mass is 596 g/mol. The molecule has 0 spiro atoms. The third kappa shape index (κ3) is 5.66. The first-order valence-electron chi connectivity index (χ1n) is 12.5. The summed E-state index contributed by atoms with van der Waals surface area (Å²) < 4.78 is 43.4. The smallest absolute Gasteiger partial charge is 0.387 e. The van der Waals surface area contributed by atoms with Gasteiger partial charge in [0.15, 0.2) is 4.80 Å². The summed E-state index contributed by atoms with van der Waals surface area (Å²) in [5, 5.41) is 0.363. The highest BCUT2D eigenvalue weighted by Crippen LogP contribution is 2.39. The molecule has 0 radical (unpaired) electrons. The van der Waals surface area contributed by atoms with E-state index in [0.29, 0.717) is 27.6 Å². The molecule has 1 aliphatic rings. The molecule has 5 rings (SSSR count). The first-order valence-corrected chi connectivity index (χ1v) is 13.7. The van der Waals surface area contributed by atoms with Crippen molar-refractivity contribution >= 4 is 40.7 Å². The van der Waals surface area contributed by atoms with E-state index in [2.05, 4.69) is 4.74 Å². The fourth-order valence-corrected chi connectivity index (χ4v) is 5.77. The lowest BCUT2D eigenvalue weighted by molar-refractivity contribution is -0.138. The third-order valence-corrected chi connectivity index (χ3v) is 7.50. The second-order valence-electron chi connectivity index (χ2n) is 8.73. The Bertz CT molecular complexity index is 1820. The van der Waals surface area contributed by atoms with E-state index in [1.54, 1.807) is 55.5 Å². The zero-order valence-electron chi connectivity index (χ0n) is 21.8. The number of carbonyl (C=O) groups is 1. The summed E-state index contributed by atoms with van der Waals surface area (Å²) in [7, 11) is 1.47. The normalized spacial score (nSPS) is 15.0. The summed E-state index contributed by atoms with van der Waals surface area (Å²) in [5.41, 5.74) is 1.31. The van der Waals surface area contributed by atoms with Crippen LogP contribution < -0.4 is 24.4 Å². The summed E-state index contributed by atoms with van der Waals surface area (Å²) in [6, 6.07) is 19.1. The maximum absolute atomic E-state index is 14.0. The number of nitrogens with zero attached hydrogens (tertiary/aromatic N) is 2. The van der Waals surface area contributed by atoms with Gasteiger partial charge in [0.1, 0.15) is 17.5 Å². The van der Waals surface area contributed by atoms with Gasteiger partial charge >= 0.3 is 12.6 Å². The number of alkyl halides is 2. The molecule has 0 aliphatic carbocycles. The van der Waals surface area contributed by atoms with Gasteiger partial charge in [0.25, 0.3) is 5.56 Å². The molecule has 0 saturated heterocycles. The van der Waals surface area contributed by atoms with Crippen LogP contribution in [-0.2, 0) is 9.53 Å². The standard InChI is InChI=1S/C30H23ClF2N2O5S/c1-3-39-28(37)24-25(17-9-5-4-6-10-17)34-30-35(26(24)20-16-19(31)13-14-22(20)38-2)27(36)23(41-30)15-18-11-7-8-12-21(18)40-29(32)33/h4-16,26,29H,3H2,1-2H3/b23-15-/t26-/m1/s1. The van der Waals surface area contributed by atoms with Gasteiger partial charge in [0.2, 0.25) is 0 Å². The molecule has 0 saturated carbocycles. The number of fused-ring (bicyclic) bond motifs is 1. The molecular formula is C30H23ClF2N2O5S. The van der Waals surface area contributed by atoms with Crippen molar-refractivity contribution in [2.75, 3.05) is 13.7 Å². The maximum atomic E-state index is 14.0. The molecule has 0 amide bonds. The van der Waals surface area contributed by atoms with Crippen LogP contribution >= 0.6 is 22.9 Å². The number of esters is 1. The highest BCUT2D eigenvalue weighted by molar-refractivity contribution is 7.07. The highest BCUT2D eigenvalue weighted by Gasteiger charge is 2.37. The number of para-hydroxylation sites is 1. The van der Waals surface area contributed by atoms with Gasteiger partial charge < -0.3 is 14.2 Å². The average molecular weight is 597 g/mol. The van der Waals surface area contributed by atoms with Crippen LogP contribution in [0.3, 0.4) is 0 Å². The highest BCUT2D eigenvalue weighted by atomic mass is 35.5. The summed E-state index contributed by atoms with van der Waals surface area (Å²) in [4.78, 5) is 32.7. The molecule has 1 atom stereocenters. The topological polar surface area (TPSA) is 79.1 Å². The van der Waals surface area contributed by atoms with Gasteiger partial charge in [-0.1, -0.05) is 71.5 Å². The first-order chi connectivity index (χ1) is 19.8. The molecule has 1 aromatic heterocycles. The van der Waals surface area contributed by atoms with E-state index in [0.717, 1.165) is 11.3 Å². The Labute approximate surface area is 242 Å². The van der Waals surface area contributed by atoms with Gasteiger partial charge in [-0.05, 0) is 37.3 Å². The molecule has 0 N–H and O–H groups in total. The zero-order chi connectivity index (χ0) is 29.1. The zero-order valence-corrected chi connectivity index (χ0v) is 23.4. The third-order valence-electron chi connectivity index (χ3n) is 6.28. The van der Waals surface area contributed by atoms with Crippen LogP contribution in [0.4, 0.5) is 8.78 Å². The predicted molar refractivity (Wildman–Crippen MR) is 152 cm³/mol. The van der Waals surface area contributed by atoms with Gasteiger partial charge in [0, 0.05) is 21.7 Å². The molecule has 11 heteroatoms. The van der Waals surface area contributed by atoms with Crippen molar-refractivity contribution in [3.05, 3.63) is 120 Å². The molecule has 0 fully saturated rings. The quantitative estimate of drug-likeness (QED) is 0.261. The predicted octanol–water partition coefficient (Wildman–Crippen LogP) is 5.20. The van der Waals surface area contributed by atoms with Gasteiger partial charge in [-0.25, -0.2) is 9.79 Å². The number of carbonyl (C=O) groups excluding carboxylic acids is 1. The van der Waals surface area contributed by atoms with E-state index in [1.807, 2.05) is 18.2 Å². The lowest BCUT2D eigenvalue weighted by atomic mass is 9.92. The number of thiazole rings is 1. The summed E-state index contributed by atoms with van der Waals surface area (Å²) in [6.07, 6.45) is 1.46.